The van der Waals surface area contributed by atoms with Crippen molar-refractivity contribution in [1.82, 2.24) is 4.98 Å². The zero-order chi connectivity index (χ0) is 6.97. The highest BCUT2D eigenvalue weighted by Crippen LogP contribution is 2.20. The normalized spacial score (nSPS) is 10.5. The molecule has 0 atom stereocenters. The summed E-state index contributed by atoms with van der Waals surface area (Å²) >= 11 is 5.85. The third kappa shape index (κ3) is 0.711. The fourth-order valence-electron chi connectivity index (χ4n) is 0.979. The maximum atomic E-state index is 5.85. The largest absolute Gasteiger partial charge is 0.352 e. The van der Waals surface area contributed by atoms with E-state index < -0.39 is 0 Å². The number of H-pyrrole nitrogens is 1. The van der Waals surface area contributed by atoms with Crippen molar-refractivity contribution in [3.05, 3.63) is 35.5 Å². The maximum Gasteiger partial charge on any atom is 0.0648 e. The molecule has 1 heterocycles. The van der Waals surface area contributed by atoms with Crippen molar-refractivity contribution in [2.75, 3.05) is 0 Å². The summed E-state index contributed by atoms with van der Waals surface area (Å²) in [5.74, 6) is 0. The number of hydrogen-bond donors (Lipinski definition) is 1. The van der Waals surface area contributed by atoms with Crippen LogP contribution >= 0.6 is 11.6 Å². The summed E-state index contributed by atoms with van der Waals surface area (Å²) < 4.78 is 0. The van der Waals surface area contributed by atoms with E-state index in [1.165, 1.54) is 0 Å². The van der Waals surface area contributed by atoms with E-state index in [1.54, 1.807) is 0 Å². The molecule has 0 amide bonds. The number of rotatable bonds is 0. The average molecular weight is 151 g/mol. The highest BCUT2D eigenvalue weighted by atomic mass is 35.5. The number of aromatic amines is 1. The highest BCUT2D eigenvalue weighted by Gasteiger charge is 1.96. The Morgan fingerprint density at radius 2 is 2.30 bits per heavy atom. The minimum absolute atomic E-state index is 0.749. The summed E-state index contributed by atoms with van der Waals surface area (Å²) in [6.07, 6.45) is 2.87. The molecule has 0 bridgehead atoms. The summed E-state index contributed by atoms with van der Waals surface area (Å²) in [5.41, 5.74) is 0.962. The number of fused-ring (bicyclic) bond motifs is 1. The van der Waals surface area contributed by atoms with Gasteiger partial charge in [-0.2, -0.15) is 0 Å². The van der Waals surface area contributed by atoms with Crippen LogP contribution in [0.15, 0.2) is 24.3 Å². The maximum absolute atomic E-state index is 5.85. The molecular formula is C8H5ClN. The van der Waals surface area contributed by atoms with Gasteiger partial charge >= 0.3 is 0 Å². The molecule has 0 unspecified atom stereocenters. The van der Waals surface area contributed by atoms with Gasteiger partial charge < -0.3 is 4.98 Å². The number of aromatic nitrogens is 1. The van der Waals surface area contributed by atoms with Gasteiger partial charge in [0, 0.05) is 5.39 Å². The number of hydrogen-bond acceptors (Lipinski definition) is 0. The number of halogens is 1. The number of nitrogens with one attached hydrogen (secondary N) is 1. The predicted octanol–water partition coefficient (Wildman–Crippen LogP) is 2.62. The van der Waals surface area contributed by atoms with Gasteiger partial charge in [-0.25, -0.2) is 0 Å². The monoisotopic (exact) mass is 150 g/mol. The Bertz CT molecular complexity index is 351. The molecule has 0 spiro atoms. The standard InChI is InChI=1S/C8H5ClN/c9-7-3-1-2-6-4-5-10-8(6)7/h1-4,10H. The van der Waals surface area contributed by atoms with Crippen LogP contribution in [0.25, 0.3) is 10.9 Å². The SMILES string of the molecule is Clc1cccc2c[c][nH]c12. The lowest BCUT2D eigenvalue weighted by Gasteiger charge is -1.90. The van der Waals surface area contributed by atoms with Crippen LogP contribution in [0.3, 0.4) is 0 Å². The highest BCUT2D eigenvalue weighted by molar-refractivity contribution is 6.35. The Kier molecular flexibility index (Phi) is 1.18. The van der Waals surface area contributed by atoms with Gasteiger partial charge in [0.1, 0.15) is 0 Å². The molecule has 1 aromatic heterocycles. The van der Waals surface area contributed by atoms with Crippen molar-refractivity contribution in [2.24, 2.45) is 0 Å². The number of benzene rings is 1. The van der Waals surface area contributed by atoms with Gasteiger partial charge in [-0.1, -0.05) is 23.7 Å². The molecule has 2 aromatic rings. The van der Waals surface area contributed by atoms with Crippen LogP contribution in [0, 0.1) is 6.20 Å². The van der Waals surface area contributed by atoms with Crippen LogP contribution in [0.1, 0.15) is 0 Å². The summed E-state index contributed by atoms with van der Waals surface area (Å²) in [7, 11) is 0. The van der Waals surface area contributed by atoms with E-state index in [0.29, 0.717) is 0 Å². The summed E-state index contributed by atoms with van der Waals surface area (Å²) in [4.78, 5) is 2.93. The summed E-state index contributed by atoms with van der Waals surface area (Å²) in [5, 5.41) is 1.85. The van der Waals surface area contributed by atoms with Crippen LogP contribution in [0.4, 0.5) is 0 Å². The number of para-hydroxylation sites is 1. The molecule has 1 nitrogen and oxygen atoms in total. The lowest BCUT2D eigenvalue weighted by atomic mass is 10.2. The zero-order valence-electron chi connectivity index (χ0n) is 5.19. The molecule has 0 aliphatic carbocycles. The molecule has 2 rings (SSSR count). The van der Waals surface area contributed by atoms with E-state index in [1.807, 2.05) is 24.3 Å². The molecule has 10 heavy (non-hydrogen) atoms. The molecule has 0 saturated carbocycles. The first-order valence-corrected chi connectivity index (χ1v) is 3.39. The van der Waals surface area contributed by atoms with Crippen LogP contribution in [0.5, 0.6) is 0 Å². The molecule has 0 aliphatic rings. The fourth-order valence-corrected chi connectivity index (χ4v) is 1.21. The molecule has 0 aliphatic heterocycles. The van der Waals surface area contributed by atoms with Crippen molar-refractivity contribution in [3.63, 3.8) is 0 Å². The quantitative estimate of drug-likeness (QED) is 0.594. The lowest BCUT2D eigenvalue weighted by molar-refractivity contribution is 1.46. The lowest BCUT2D eigenvalue weighted by Crippen LogP contribution is -1.67. The van der Waals surface area contributed by atoms with Gasteiger partial charge in [-0.3, -0.25) is 0 Å². The second-order valence-electron chi connectivity index (χ2n) is 2.12. The molecule has 1 aromatic carbocycles. The smallest absolute Gasteiger partial charge is 0.0648 e. The second-order valence-corrected chi connectivity index (χ2v) is 2.52. The average Bonchev–Trinajstić information content (AvgIpc) is 2.36. The first-order chi connectivity index (χ1) is 4.88. The van der Waals surface area contributed by atoms with Gasteiger partial charge in [0.25, 0.3) is 0 Å². The van der Waals surface area contributed by atoms with Gasteiger partial charge in [0.15, 0.2) is 0 Å². The Morgan fingerprint density at radius 1 is 1.40 bits per heavy atom. The summed E-state index contributed by atoms with van der Waals surface area (Å²) in [6, 6.07) is 7.65. The zero-order valence-corrected chi connectivity index (χ0v) is 5.94. The molecule has 2 heteroatoms. The molecule has 1 N–H and O–H groups in total. The van der Waals surface area contributed by atoms with Crippen LogP contribution in [-0.2, 0) is 0 Å². The van der Waals surface area contributed by atoms with E-state index in [4.69, 9.17) is 11.6 Å². The fraction of sp³-hybridized carbons (Fsp3) is 0. The molecular weight excluding hydrogens is 146 g/mol. The molecule has 0 fully saturated rings. The van der Waals surface area contributed by atoms with Gasteiger partial charge in [-0.05, 0) is 12.1 Å². The van der Waals surface area contributed by atoms with Crippen molar-refractivity contribution in [1.29, 1.82) is 0 Å². The van der Waals surface area contributed by atoms with Crippen molar-refractivity contribution >= 4 is 22.5 Å². The Labute approximate surface area is 63.6 Å². The minimum atomic E-state index is 0.749. The minimum Gasteiger partial charge on any atom is -0.352 e. The molecule has 1 radical (unpaired) electrons. The van der Waals surface area contributed by atoms with Gasteiger partial charge in [-0.15, -0.1) is 0 Å². The van der Waals surface area contributed by atoms with Crippen molar-refractivity contribution in [3.8, 4) is 0 Å². The van der Waals surface area contributed by atoms with Crippen molar-refractivity contribution in [2.45, 2.75) is 0 Å². The first-order valence-electron chi connectivity index (χ1n) is 3.01. The van der Waals surface area contributed by atoms with Crippen LogP contribution in [-0.4, -0.2) is 4.98 Å². The van der Waals surface area contributed by atoms with Gasteiger partial charge in [0.05, 0.1) is 16.7 Å². The predicted molar refractivity (Wildman–Crippen MR) is 42.1 cm³/mol. The summed E-state index contributed by atoms with van der Waals surface area (Å²) in [6.45, 7) is 0. The Balaban J connectivity index is 2.95. The first kappa shape index (κ1) is 5.81. The van der Waals surface area contributed by atoms with E-state index >= 15 is 0 Å². The van der Waals surface area contributed by atoms with Gasteiger partial charge in [0.2, 0.25) is 0 Å². The Hall–Kier alpha value is -0.950. The molecule has 0 saturated heterocycles. The van der Waals surface area contributed by atoms with E-state index in [2.05, 4.69) is 11.2 Å². The van der Waals surface area contributed by atoms with Crippen LogP contribution in [0.2, 0.25) is 5.02 Å². The molecule has 49 valence electrons. The topological polar surface area (TPSA) is 15.8 Å². The third-order valence-electron chi connectivity index (χ3n) is 1.47. The Morgan fingerprint density at radius 3 is 3.10 bits per heavy atom. The van der Waals surface area contributed by atoms with Crippen molar-refractivity contribution < 1.29 is 0 Å². The van der Waals surface area contributed by atoms with E-state index in [0.717, 1.165) is 15.9 Å². The van der Waals surface area contributed by atoms with E-state index in [9.17, 15) is 0 Å². The van der Waals surface area contributed by atoms with E-state index in [-0.39, 0.29) is 0 Å². The second kappa shape index (κ2) is 2.03. The third-order valence-corrected chi connectivity index (χ3v) is 1.79. The van der Waals surface area contributed by atoms with Crippen LogP contribution < -0.4 is 0 Å².